The normalized spacial score (nSPS) is 17.3. The number of hydrogen-bond donors (Lipinski definition) is 0. The van der Waals surface area contributed by atoms with E-state index in [1.807, 2.05) is 32.9 Å². The van der Waals surface area contributed by atoms with Crippen LogP contribution < -0.4 is 9.47 Å². The van der Waals surface area contributed by atoms with E-state index in [-0.39, 0.29) is 11.0 Å². The van der Waals surface area contributed by atoms with Crippen molar-refractivity contribution in [1.82, 2.24) is 14.9 Å². The number of hydrogen-bond acceptors (Lipinski definition) is 5. The molecule has 28 heavy (non-hydrogen) atoms. The molecule has 3 rings (SSSR count). The van der Waals surface area contributed by atoms with Crippen molar-refractivity contribution < 1.29 is 9.47 Å². The zero-order chi connectivity index (χ0) is 20.2. The van der Waals surface area contributed by atoms with Crippen molar-refractivity contribution in [1.29, 1.82) is 0 Å². The van der Waals surface area contributed by atoms with Crippen LogP contribution in [0.4, 0.5) is 0 Å². The standard InChI is InChI=1S/C23H33N3O2/c1-18-8-6-7-9-20(18)27-17-23(5)10-14-26(15-11-23)16-19-21(25-13-12-24-19)28-22(2,3)4/h6-9,12-13H,10-11,14-17H2,1-5H3. The van der Waals surface area contributed by atoms with Gasteiger partial charge in [-0.05, 0) is 65.3 Å². The van der Waals surface area contributed by atoms with E-state index in [1.165, 1.54) is 5.56 Å². The van der Waals surface area contributed by atoms with Crippen molar-refractivity contribution >= 4 is 0 Å². The van der Waals surface area contributed by atoms with Gasteiger partial charge in [-0.3, -0.25) is 9.88 Å². The summed E-state index contributed by atoms with van der Waals surface area (Å²) in [5.41, 5.74) is 2.03. The molecule has 0 amide bonds. The first-order chi connectivity index (χ1) is 13.2. The fourth-order valence-corrected chi connectivity index (χ4v) is 3.42. The molecule has 1 saturated heterocycles. The first-order valence-electron chi connectivity index (χ1n) is 10.1. The van der Waals surface area contributed by atoms with Gasteiger partial charge in [-0.1, -0.05) is 25.1 Å². The minimum atomic E-state index is -0.280. The molecule has 0 bridgehead atoms. The third-order valence-electron chi connectivity index (χ3n) is 5.24. The number of nitrogens with zero attached hydrogens (tertiary/aromatic N) is 3. The molecule has 5 heteroatoms. The lowest BCUT2D eigenvalue weighted by Gasteiger charge is -2.39. The second-order valence-electron chi connectivity index (χ2n) is 9.16. The van der Waals surface area contributed by atoms with Gasteiger partial charge in [-0.25, -0.2) is 4.98 Å². The molecule has 152 valence electrons. The predicted molar refractivity (Wildman–Crippen MR) is 112 cm³/mol. The number of aryl methyl sites for hydroxylation is 1. The second kappa shape index (κ2) is 8.48. The van der Waals surface area contributed by atoms with Gasteiger partial charge in [-0.15, -0.1) is 0 Å². The fraction of sp³-hybridized carbons (Fsp3) is 0.565. The van der Waals surface area contributed by atoms with Crippen molar-refractivity contribution in [2.45, 2.75) is 59.6 Å². The van der Waals surface area contributed by atoms with Crippen LogP contribution in [0, 0.1) is 12.3 Å². The van der Waals surface area contributed by atoms with Crippen molar-refractivity contribution in [3.8, 4) is 11.6 Å². The quantitative estimate of drug-likeness (QED) is 0.727. The van der Waals surface area contributed by atoms with Crippen molar-refractivity contribution in [3.05, 3.63) is 47.9 Å². The Morgan fingerprint density at radius 2 is 1.75 bits per heavy atom. The molecule has 0 saturated carbocycles. The predicted octanol–water partition coefficient (Wildman–Crippen LogP) is 4.64. The van der Waals surface area contributed by atoms with E-state index >= 15 is 0 Å². The maximum absolute atomic E-state index is 6.15. The molecule has 5 nitrogen and oxygen atoms in total. The zero-order valence-corrected chi connectivity index (χ0v) is 17.9. The highest BCUT2D eigenvalue weighted by Crippen LogP contribution is 2.33. The van der Waals surface area contributed by atoms with Crippen LogP contribution in [0.15, 0.2) is 36.7 Å². The Labute approximate surface area is 169 Å². The lowest BCUT2D eigenvalue weighted by Crippen LogP contribution is -2.41. The summed E-state index contributed by atoms with van der Waals surface area (Å²) < 4.78 is 12.1. The highest BCUT2D eigenvalue weighted by Gasteiger charge is 2.31. The topological polar surface area (TPSA) is 47.5 Å². The van der Waals surface area contributed by atoms with Gasteiger partial charge in [0.2, 0.25) is 5.88 Å². The molecule has 0 unspecified atom stereocenters. The first kappa shape index (κ1) is 20.6. The molecule has 0 atom stereocenters. The Morgan fingerprint density at radius 3 is 2.43 bits per heavy atom. The molecule has 0 radical (unpaired) electrons. The number of para-hydroxylation sites is 1. The summed E-state index contributed by atoms with van der Waals surface area (Å²) in [4.78, 5) is 11.4. The highest BCUT2D eigenvalue weighted by molar-refractivity contribution is 5.31. The highest BCUT2D eigenvalue weighted by atomic mass is 16.5. The number of likely N-dealkylation sites (tertiary alicyclic amines) is 1. The Hall–Kier alpha value is -2.14. The SMILES string of the molecule is Cc1ccccc1OCC1(C)CCN(Cc2nccnc2OC(C)(C)C)CC1. The van der Waals surface area contributed by atoms with Crippen molar-refractivity contribution in [2.75, 3.05) is 19.7 Å². The summed E-state index contributed by atoms with van der Waals surface area (Å²) in [5.74, 6) is 1.64. The number of aromatic nitrogens is 2. The van der Waals surface area contributed by atoms with E-state index in [0.29, 0.717) is 5.88 Å². The minimum absolute atomic E-state index is 0.200. The Morgan fingerprint density at radius 1 is 1.07 bits per heavy atom. The minimum Gasteiger partial charge on any atom is -0.493 e. The molecule has 1 aromatic heterocycles. The maximum atomic E-state index is 6.15. The summed E-state index contributed by atoms with van der Waals surface area (Å²) in [5, 5.41) is 0. The number of piperidine rings is 1. The summed E-state index contributed by atoms with van der Waals surface area (Å²) in [6.07, 6.45) is 5.65. The number of benzene rings is 1. The monoisotopic (exact) mass is 383 g/mol. The van der Waals surface area contributed by atoms with Crippen LogP contribution in [0.5, 0.6) is 11.6 Å². The summed E-state index contributed by atoms with van der Waals surface area (Å²) in [7, 11) is 0. The van der Waals surface area contributed by atoms with Crippen LogP contribution in [-0.4, -0.2) is 40.2 Å². The molecule has 0 aliphatic carbocycles. The molecular weight excluding hydrogens is 350 g/mol. The van der Waals surface area contributed by atoms with E-state index in [1.54, 1.807) is 12.4 Å². The van der Waals surface area contributed by atoms with E-state index in [2.05, 4.69) is 40.8 Å². The molecular formula is C23H33N3O2. The molecule has 1 fully saturated rings. The average molecular weight is 384 g/mol. The fourth-order valence-electron chi connectivity index (χ4n) is 3.42. The third kappa shape index (κ3) is 5.68. The van der Waals surface area contributed by atoms with Gasteiger partial charge in [0.05, 0.1) is 6.61 Å². The third-order valence-corrected chi connectivity index (χ3v) is 5.24. The van der Waals surface area contributed by atoms with E-state index in [4.69, 9.17) is 9.47 Å². The van der Waals surface area contributed by atoms with Crippen LogP contribution in [0.25, 0.3) is 0 Å². The van der Waals surface area contributed by atoms with E-state index < -0.39 is 0 Å². The van der Waals surface area contributed by atoms with Gasteiger partial charge >= 0.3 is 0 Å². The summed E-state index contributed by atoms with van der Waals surface area (Å²) in [6, 6.07) is 8.23. The van der Waals surface area contributed by atoms with Gasteiger partial charge in [0.25, 0.3) is 0 Å². The molecule has 1 aromatic carbocycles. The number of rotatable bonds is 6. The molecule has 1 aliphatic heterocycles. The van der Waals surface area contributed by atoms with Gasteiger partial charge in [0.15, 0.2) is 0 Å². The van der Waals surface area contributed by atoms with Crippen molar-refractivity contribution in [2.24, 2.45) is 5.41 Å². The number of ether oxygens (including phenoxy) is 2. The zero-order valence-electron chi connectivity index (χ0n) is 17.9. The van der Waals surface area contributed by atoms with Crippen LogP contribution >= 0.6 is 0 Å². The Balaban J connectivity index is 1.55. The van der Waals surface area contributed by atoms with Crippen LogP contribution in [0.1, 0.15) is 51.8 Å². The lowest BCUT2D eigenvalue weighted by atomic mass is 9.81. The lowest BCUT2D eigenvalue weighted by molar-refractivity contribution is 0.0628. The van der Waals surface area contributed by atoms with E-state index in [9.17, 15) is 0 Å². The van der Waals surface area contributed by atoms with Crippen LogP contribution in [-0.2, 0) is 6.54 Å². The van der Waals surface area contributed by atoms with Crippen LogP contribution in [0.3, 0.4) is 0 Å². The van der Waals surface area contributed by atoms with E-state index in [0.717, 1.165) is 50.5 Å². The molecule has 0 spiro atoms. The molecule has 2 aromatic rings. The van der Waals surface area contributed by atoms with Gasteiger partial charge < -0.3 is 9.47 Å². The maximum Gasteiger partial charge on any atom is 0.237 e. The van der Waals surface area contributed by atoms with Gasteiger partial charge in [-0.2, -0.15) is 0 Å². The smallest absolute Gasteiger partial charge is 0.237 e. The van der Waals surface area contributed by atoms with Crippen LogP contribution in [0.2, 0.25) is 0 Å². The first-order valence-corrected chi connectivity index (χ1v) is 10.1. The van der Waals surface area contributed by atoms with Crippen molar-refractivity contribution in [3.63, 3.8) is 0 Å². The molecule has 0 N–H and O–H groups in total. The second-order valence-corrected chi connectivity index (χ2v) is 9.16. The van der Waals surface area contributed by atoms with Gasteiger partial charge in [0, 0.05) is 24.4 Å². The van der Waals surface area contributed by atoms with Gasteiger partial charge in [0.1, 0.15) is 17.0 Å². The molecule has 2 heterocycles. The Bertz CT molecular complexity index is 777. The summed E-state index contributed by atoms with van der Waals surface area (Å²) >= 11 is 0. The summed E-state index contributed by atoms with van der Waals surface area (Å²) in [6.45, 7) is 14.1. The largest absolute Gasteiger partial charge is 0.493 e. The Kier molecular flexibility index (Phi) is 6.23. The average Bonchev–Trinajstić information content (AvgIpc) is 2.64. The molecule has 1 aliphatic rings.